The predicted octanol–water partition coefficient (Wildman–Crippen LogP) is 2.59. The molecule has 0 aliphatic carbocycles. The lowest BCUT2D eigenvalue weighted by molar-refractivity contribution is 0.292. The highest BCUT2D eigenvalue weighted by Crippen LogP contribution is 2.16. The summed E-state index contributed by atoms with van der Waals surface area (Å²) >= 11 is 5.87. The fourth-order valence-electron chi connectivity index (χ4n) is 2.11. The molecule has 0 radical (unpaired) electrons. The van der Waals surface area contributed by atoms with Crippen molar-refractivity contribution in [1.82, 2.24) is 10.6 Å². The Morgan fingerprint density at radius 2 is 1.70 bits per heavy atom. The second-order valence-corrected chi connectivity index (χ2v) is 5.65. The Bertz CT molecular complexity index is 575. The summed E-state index contributed by atoms with van der Waals surface area (Å²) in [7, 11) is 0. The van der Waals surface area contributed by atoms with E-state index in [-0.39, 0.29) is 6.61 Å². The van der Waals surface area contributed by atoms with Gasteiger partial charge < -0.3 is 20.5 Å². The van der Waals surface area contributed by atoms with E-state index >= 15 is 0 Å². The van der Waals surface area contributed by atoms with Crippen LogP contribution < -0.4 is 15.4 Å². The molecule has 2 rings (SSSR count). The van der Waals surface area contributed by atoms with Crippen molar-refractivity contribution in [2.24, 2.45) is 0 Å². The van der Waals surface area contributed by atoms with Gasteiger partial charge in [0.15, 0.2) is 0 Å². The Morgan fingerprint density at radius 3 is 2.48 bits per heavy atom. The standard InChI is InChI=1S/C18H23ClN2O2/c19-17-6-4-15(5-7-17)14-23-18-3-1-2-16(12-18)13-21-9-8-20-10-11-22/h1-7,12,20-22H,8-11,13-14H2. The number of benzene rings is 2. The summed E-state index contributed by atoms with van der Waals surface area (Å²) in [5.74, 6) is 0.859. The van der Waals surface area contributed by atoms with E-state index in [9.17, 15) is 0 Å². The van der Waals surface area contributed by atoms with Gasteiger partial charge in [-0.25, -0.2) is 0 Å². The highest BCUT2D eigenvalue weighted by atomic mass is 35.5. The van der Waals surface area contributed by atoms with Crippen LogP contribution in [0.4, 0.5) is 0 Å². The van der Waals surface area contributed by atoms with E-state index in [4.69, 9.17) is 21.4 Å². The first-order chi connectivity index (χ1) is 11.3. The molecule has 0 aliphatic rings. The zero-order chi connectivity index (χ0) is 16.3. The Labute approximate surface area is 142 Å². The number of hydrogen-bond acceptors (Lipinski definition) is 4. The summed E-state index contributed by atoms with van der Waals surface area (Å²) in [6, 6.07) is 15.7. The van der Waals surface area contributed by atoms with Crippen LogP contribution in [0.3, 0.4) is 0 Å². The lowest BCUT2D eigenvalue weighted by Gasteiger charge is -2.09. The first-order valence-electron chi connectivity index (χ1n) is 7.76. The Hall–Kier alpha value is -1.59. The molecule has 2 aromatic rings. The van der Waals surface area contributed by atoms with Crippen molar-refractivity contribution < 1.29 is 9.84 Å². The van der Waals surface area contributed by atoms with Gasteiger partial charge in [-0.2, -0.15) is 0 Å². The first kappa shape index (κ1) is 17.8. The van der Waals surface area contributed by atoms with Crippen molar-refractivity contribution in [2.45, 2.75) is 13.2 Å². The van der Waals surface area contributed by atoms with Gasteiger partial charge >= 0.3 is 0 Å². The maximum absolute atomic E-state index is 8.67. The van der Waals surface area contributed by atoms with Crippen molar-refractivity contribution in [3.8, 4) is 5.75 Å². The van der Waals surface area contributed by atoms with Gasteiger partial charge in [0, 0.05) is 31.2 Å². The van der Waals surface area contributed by atoms with Crippen LogP contribution in [-0.2, 0) is 13.2 Å². The summed E-state index contributed by atoms with van der Waals surface area (Å²) < 4.78 is 5.82. The number of ether oxygens (including phenoxy) is 1. The van der Waals surface area contributed by atoms with Gasteiger partial charge in [-0.3, -0.25) is 0 Å². The zero-order valence-electron chi connectivity index (χ0n) is 13.1. The van der Waals surface area contributed by atoms with E-state index in [1.165, 1.54) is 5.56 Å². The van der Waals surface area contributed by atoms with E-state index in [0.717, 1.165) is 36.0 Å². The molecular formula is C18H23ClN2O2. The van der Waals surface area contributed by atoms with Gasteiger partial charge in [-0.15, -0.1) is 0 Å². The van der Waals surface area contributed by atoms with Crippen molar-refractivity contribution >= 4 is 11.6 Å². The molecule has 124 valence electrons. The largest absolute Gasteiger partial charge is 0.489 e. The molecule has 0 atom stereocenters. The maximum atomic E-state index is 8.67. The van der Waals surface area contributed by atoms with Crippen molar-refractivity contribution in [3.63, 3.8) is 0 Å². The van der Waals surface area contributed by atoms with E-state index in [0.29, 0.717) is 13.2 Å². The minimum absolute atomic E-state index is 0.174. The molecule has 5 heteroatoms. The lowest BCUT2D eigenvalue weighted by Crippen LogP contribution is -2.28. The van der Waals surface area contributed by atoms with Gasteiger partial charge in [-0.05, 0) is 35.4 Å². The first-order valence-corrected chi connectivity index (χ1v) is 8.14. The maximum Gasteiger partial charge on any atom is 0.120 e. The number of aliphatic hydroxyl groups excluding tert-OH is 1. The minimum Gasteiger partial charge on any atom is -0.489 e. The molecule has 0 aliphatic heterocycles. The molecule has 3 N–H and O–H groups in total. The SMILES string of the molecule is OCCNCCNCc1cccc(OCc2ccc(Cl)cc2)c1. The molecule has 4 nitrogen and oxygen atoms in total. The highest BCUT2D eigenvalue weighted by molar-refractivity contribution is 6.30. The summed E-state index contributed by atoms with van der Waals surface area (Å²) in [4.78, 5) is 0. The third-order valence-corrected chi connectivity index (χ3v) is 3.57. The van der Waals surface area contributed by atoms with Gasteiger partial charge in [0.1, 0.15) is 12.4 Å². The molecule has 0 aromatic heterocycles. The summed E-state index contributed by atoms with van der Waals surface area (Å²) in [5, 5.41) is 15.9. The predicted molar refractivity (Wildman–Crippen MR) is 93.9 cm³/mol. The molecular weight excluding hydrogens is 312 g/mol. The second kappa shape index (κ2) is 10.2. The Balaban J connectivity index is 1.74. The number of hydrogen-bond donors (Lipinski definition) is 3. The molecule has 0 unspecified atom stereocenters. The van der Waals surface area contributed by atoms with Crippen molar-refractivity contribution in [1.29, 1.82) is 0 Å². The third-order valence-electron chi connectivity index (χ3n) is 3.31. The van der Waals surface area contributed by atoms with Crippen LogP contribution in [0, 0.1) is 0 Å². The van der Waals surface area contributed by atoms with Crippen LogP contribution in [0.2, 0.25) is 5.02 Å². The van der Waals surface area contributed by atoms with Gasteiger partial charge in [0.25, 0.3) is 0 Å². The van der Waals surface area contributed by atoms with Gasteiger partial charge in [-0.1, -0.05) is 35.9 Å². The fourth-order valence-corrected chi connectivity index (χ4v) is 2.23. The van der Waals surface area contributed by atoms with Crippen LogP contribution in [0.25, 0.3) is 0 Å². The van der Waals surface area contributed by atoms with Crippen LogP contribution >= 0.6 is 11.6 Å². The average Bonchev–Trinajstić information content (AvgIpc) is 2.58. The van der Waals surface area contributed by atoms with Crippen LogP contribution in [0.5, 0.6) is 5.75 Å². The van der Waals surface area contributed by atoms with Gasteiger partial charge in [0.2, 0.25) is 0 Å². The number of aliphatic hydroxyl groups is 1. The number of halogens is 1. The second-order valence-electron chi connectivity index (χ2n) is 5.21. The molecule has 0 spiro atoms. The van der Waals surface area contributed by atoms with Crippen LogP contribution in [0.15, 0.2) is 48.5 Å². The zero-order valence-corrected chi connectivity index (χ0v) is 13.9. The minimum atomic E-state index is 0.174. The van der Waals surface area contributed by atoms with E-state index in [1.54, 1.807) is 0 Å². The lowest BCUT2D eigenvalue weighted by atomic mass is 10.2. The smallest absolute Gasteiger partial charge is 0.120 e. The molecule has 0 fully saturated rings. The van der Waals surface area contributed by atoms with E-state index in [1.807, 2.05) is 42.5 Å². The monoisotopic (exact) mass is 334 g/mol. The molecule has 2 aromatic carbocycles. The summed E-state index contributed by atoms with van der Waals surface area (Å²) in [6.45, 7) is 3.82. The summed E-state index contributed by atoms with van der Waals surface area (Å²) in [6.07, 6.45) is 0. The molecule has 0 saturated heterocycles. The topological polar surface area (TPSA) is 53.5 Å². The molecule has 23 heavy (non-hydrogen) atoms. The Morgan fingerprint density at radius 1 is 0.913 bits per heavy atom. The number of nitrogens with one attached hydrogen (secondary N) is 2. The Kier molecular flexibility index (Phi) is 7.90. The average molecular weight is 335 g/mol. The molecule has 0 amide bonds. The van der Waals surface area contributed by atoms with E-state index < -0.39 is 0 Å². The summed E-state index contributed by atoms with van der Waals surface area (Å²) in [5.41, 5.74) is 2.27. The molecule has 0 heterocycles. The van der Waals surface area contributed by atoms with Crippen molar-refractivity contribution in [2.75, 3.05) is 26.2 Å². The normalized spacial score (nSPS) is 10.7. The van der Waals surface area contributed by atoms with Crippen molar-refractivity contribution in [3.05, 3.63) is 64.7 Å². The van der Waals surface area contributed by atoms with E-state index in [2.05, 4.69) is 16.7 Å². The molecule has 0 bridgehead atoms. The number of rotatable bonds is 10. The quantitative estimate of drug-likeness (QED) is 0.585. The fraction of sp³-hybridized carbons (Fsp3) is 0.333. The third kappa shape index (κ3) is 7.01. The highest BCUT2D eigenvalue weighted by Gasteiger charge is 1.99. The van der Waals surface area contributed by atoms with Gasteiger partial charge in [0.05, 0.1) is 6.61 Å². The van der Waals surface area contributed by atoms with Crippen LogP contribution in [-0.4, -0.2) is 31.3 Å². The molecule has 0 saturated carbocycles. The van der Waals surface area contributed by atoms with Crippen LogP contribution in [0.1, 0.15) is 11.1 Å².